The minimum absolute atomic E-state index is 0.0236. The molecule has 3 rings (SSSR count). The number of hydrogen-bond donors (Lipinski definition) is 1. The zero-order valence-corrected chi connectivity index (χ0v) is 11.9. The minimum Gasteiger partial charge on any atom is -0.389 e. The zero-order chi connectivity index (χ0) is 14.3. The van der Waals surface area contributed by atoms with Gasteiger partial charge >= 0.3 is 0 Å². The van der Waals surface area contributed by atoms with Crippen molar-refractivity contribution in [1.29, 1.82) is 0 Å². The smallest absolute Gasteiger partial charge is 0.232 e. The lowest BCUT2D eigenvalue weighted by molar-refractivity contribution is -0.153. The molecule has 0 aromatic heterocycles. The summed E-state index contributed by atoms with van der Waals surface area (Å²) in [4.78, 5) is 26.3. The maximum atomic E-state index is 12.3. The van der Waals surface area contributed by atoms with Gasteiger partial charge in [0.2, 0.25) is 11.8 Å². The minimum atomic E-state index is -0.0236. The van der Waals surface area contributed by atoms with Gasteiger partial charge in [0.15, 0.2) is 0 Å². The number of nitrogens with zero attached hydrogens (tertiary/aromatic N) is 1. The average molecular weight is 288 g/mol. The van der Waals surface area contributed by atoms with E-state index in [1.54, 1.807) is 0 Å². The van der Waals surface area contributed by atoms with Crippen LogP contribution in [0.5, 0.6) is 0 Å². The first kappa shape index (κ1) is 13.2. The van der Waals surface area contributed by atoms with Crippen LogP contribution in [0.4, 0.5) is 0 Å². The summed E-state index contributed by atoms with van der Waals surface area (Å²) in [7, 11) is 0. The van der Waals surface area contributed by atoms with Crippen molar-refractivity contribution in [3.05, 3.63) is 35.4 Å². The van der Waals surface area contributed by atoms with E-state index in [1.165, 1.54) is 4.90 Å². The Kier molecular flexibility index (Phi) is 3.30. The van der Waals surface area contributed by atoms with E-state index >= 15 is 0 Å². The lowest BCUT2D eigenvalue weighted by atomic mass is 9.96. The topological polar surface area (TPSA) is 63.4 Å². The van der Waals surface area contributed by atoms with Gasteiger partial charge in [-0.05, 0) is 30.9 Å². The van der Waals surface area contributed by atoms with E-state index in [1.807, 2.05) is 24.3 Å². The summed E-state index contributed by atoms with van der Waals surface area (Å²) in [5.41, 5.74) is 7.26. The number of nitrogens with two attached hydrogens (primary N) is 1. The second-order valence-electron chi connectivity index (χ2n) is 5.53. The molecule has 1 saturated carbocycles. The number of likely N-dealkylation sites (tertiary alicyclic amines) is 1. The summed E-state index contributed by atoms with van der Waals surface area (Å²) >= 11 is 4.95. The normalized spacial score (nSPS) is 25.1. The van der Waals surface area contributed by atoms with E-state index in [9.17, 15) is 9.59 Å². The summed E-state index contributed by atoms with van der Waals surface area (Å²) in [6.45, 7) is 0.321. The molecule has 1 saturated heterocycles. The molecule has 20 heavy (non-hydrogen) atoms. The first-order valence-corrected chi connectivity index (χ1v) is 7.21. The number of rotatable bonds is 3. The van der Waals surface area contributed by atoms with Crippen LogP contribution < -0.4 is 5.73 Å². The largest absolute Gasteiger partial charge is 0.389 e. The summed E-state index contributed by atoms with van der Waals surface area (Å²) in [6.07, 6.45) is 2.43. The number of piperidine rings is 1. The highest BCUT2D eigenvalue weighted by Crippen LogP contribution is 2.38. The highest BCUT2D eigenvalue weighted by Gasteiger charge is 2.44. The van der Waals surface area contributed by atoms with E-state index < -0.39 is 0 Å². The molecule has 2 fully saturated rings. The molecule has 1 aromatic carbocycles. The fourth-order valence-corrected chi connectivity index (χ4v) is 3.27. The summed E-state index contributed by atoms with van der Waals surface area (Å²) in [5, 5.41) is 0. The number of thiocarbonyl (C=S) groups is 1. The van der Waals surface area contributed by atoms with Crippen LogP contribution in [0, 0.1) is 11.8 Å². The summed E-state index contributed by atoms with van der Waals surface area (Å²) in [5.74, 6) is 0.0295. The Morgan fingerprint density at radius 3 is 2.50 bits per heavy atom. The van der Waals surface area contributed by atoms with Crippen molar-refractivity contribution in [1.82, 2.24) is 4.90 Å². The number of benzene rings is 1. The van der Waals surface area contributed by atoms with Gasteiger partial charge in [0.25, 0.3) is 0 Å². The van der Waals surface area contributed by atoms with Crippen molar-refractivity contribution in [2.24, 2.45) is 17.6 Å². The number of carbonyl (C=O) groups excluding carboxylic acids is 2. The van der Waals surface area contributed by atoms with Crippen LogP contribution in [-0.2, 0) is 16.1 Å². The number of fused-ring (bicyclic) bond motifs is 2. The number of hydrogen-bond acceptors (Lipinski definition) is 3. The van der Waals surface area contributed by atoms with Gasteiger partial charge in [0.05, 0.1) is 6.54 Å². The monoisotopic (exact) mass is 288 g/mol. The third-order valence-electron chi connectivity index (χ3n) is 4.22. The third-order valence-corrected chi connectivity index (χ3v) is 4.45. The molecular formula is C15H16N2O2S. The van der Waals surface area contributed by atoms with Gasteiger partial charge in [-0.1, -0.05) is 30.4 Å². The molecule has 2 amide bonds. The van der Waals surface area contributed by atoms with Crippen molar-refractivity contribution in [3.8, 4) is 0 Å². The molecule has 0 radical (unpaired) electrons. The maximum Gasteiger partial charge on any atom is 0.232 e. The summed E-state index contributed by atoms with van der Waals surface area (Å²) in [6, 6.07) is 7.41. The van der Waals surface area contributed by atoms with E-state index in [-0.39, 0.29) is 23.7 Å². The van der Waals surface area contributed by atoms with Crippen molar-refractivity contribution >= 4 is 29.0 Å². The fourth-order valence-electron chi connectivity index (χ4n) is 3.14. The zero-order valence-electron chi connectivity index (χ0n) is 11.0. The van der Waals surface area contributed by atoms with Gasteiger partial charge < -0.3 is 5.73 Å². The van der Waals surface area contributed by atoms with Crippen molar-refractivity contribution in [2.45, 2.75) is 25.8 Å². The molecule has 2 atom stereocenters. The fraction of sp³-hybridized carbons (Fsp3) is 0.400. The molecule has 1 aliphatic heterocycles. The Labute approximate surface area is 122 Å². The van der Waals surface area contributed by atoms with Crippen LogP contribution in [0.15, 0.2) is 24.3 Å². The second-order valence-corrected chi connectivity index (χ2v) is 5.97. The van der Waals surface area contributed by atoms with Crippen LogP contribution in [0.2, 0.25) is 0 Å². The Morgan fingerprint density at radius 1 is 1.25 bits per heavy atom. The molecule has 4 nitrogen and oxygen atoms in total. The molecule has 104 valence electrons. The molecule has 1 aliphatic carbocycles. The van der Waals surface area contributed by atoms with Crippen LogP contribution >= 0.6 is 12.2 Å². The third kappa shape index (κ3) is 2.22. The quantitative estimate of drug-likeness (QED) is 0.678. The Hall–Kier alpha value is -1.75. The average Bonchev–Trinajstić information content (AvgIpc) is 2.89. The first-order valence-electron chi connectivity index (χ1n) is 6.80. The number of imide groups is 1. The standard InChI is InChI=1S/C15H16N2O2S/c16-13(20)10-3-1-2-9(6-10)8-17-14(18)11-4-5-12(7-11)15(17)19/h1-3,6,11-12H,4-5,7-8H2,(H2,16,20). The van der Waals surface area contributed by atoms with Crippen LogP contribution in [0.1, 0.15) is 30.4 Å². The first-order chi connectivity index (χ1) is 9.56. The Morgan fingerprint density at radius 2 is 1.90 bits per heavy atom. The van der Waals surface area contributed by atoms with Gasteiger partial charge in [-0.25, -0.2) is 0 Å². The molecule has 5 heteroatoms. The van der Waals surface area contributed by atoms with Crippen molar-refractivity contribution in [2.75, 3.05) is 0 Å². The lowest BCUT2D eigenvalue weighted by Gasteiger charge is -2.29. The number of carbonyl (C=O) groups is 2. The van der Waals surface area contributed by atoms with Crippen molar-refractivity contribution in [3.63, 3.8) is 0 Å². The molecular weight excluding hydrogens is 272 g/mol. The van der Waals surface area contributed by atoms with Gasteiger partial charge in [-0.3, -0.25) is 14.5 Å². The second kappa shape index (κ2) is 4.98. The highest BCUT2D eigenvalue weighted by atomic mass is 32.1. The Bertz CT molecular complexity index is 577. The molecule has 1 aromatic rings. The van der Waals surface area contributed by atoms with E-state index in [2.05, 4.69) is 0 Å². The summed E-state index contributed by atoms with van der Waals surface area (Å²) < 4.78 is 0. The van der Waals surface area contributed by atoms with Crippen LogP contribution in [0.25, 0.3) is 0 Å². The van der Waals surface area contributed by atoms with Crippen molar-refractivity contribution < 1.29 is 9.59 Å². The van der Waals surface area contributed by atoms with Gasteiger partial charge in [0.1, 0.15) is 4.99 Å². The van der Waals surface area contributed by atoms with Gasteiger partial charge in [0, 0.05) is 17.4 Å². The van der Waals surface area contributed by atoms with Gasteiger partial charge in [-0.15, -0.1) is 0 Å². The number of amides is 2. The van der Waals surface area contributed by atoms with E-state index in [4.69, 9.17) is 18.0 Å². The highest BCUT2D eigenvalue weighted by molar-refractivity contribution is 7.80. The van der Waals surface area contributed by atoms with Gasteiger partial charge in [-0.2, -0.15) is 0 Å². The van der Waals surface area contributed by atoms with Crippen LogP contribution in [0.3, 0.4) is 0 Å². The molecule has 2 bridgehead atoms. The van der Waals surface area contributed by atoms with E-state index in [0.29, 0.717) is 11.5 Å². The predicted octanol–water partition coefficient (Wildman–Crippen LogP) is 1.61. The Balaban J connectivity index is 1.83. The van der Waals surface area contributed by atoms with Crippen LogP contribution in [-0.4, -0.2) is 21.7 Å². The molecule has 2 aliphatic rings. The predicted molar refractivity (Wildman–Crippen MR) is 78.7 cm³/mol. The molecule has 2 unspecified atom stereocenters. The molecule has 2 N–H and O–H groups in total. The maximum absolute atomic E-state index is 12.3. The molecule has 0 spiro atoms. The van der Waals surface area contributed by atoms with E-state index in [0.717, 1.165) is 30.4 Å². The SMILES string of the molecule is NC(=S)c1cccc(CN2C(=O)C3CCC(C3)C2=O)c1. The molecule has 1 heterocycles. The lowest BCUT2D eigenvalue weighted by Crippen LogP contribution is -2.45.